The van der Waals surface area contributed by atoms with Gasteiger partial charge in [0.15, 0.2) is 0 Å². The molecule has 6 unspecified atom stereocenters. The smallest absolute Gasteiger partial charge is 0.0315 e. The summed E-state index contributed by atoms with van der Waals surface area (Å²) in [5, 5.41) is 0. The van der Waals surface area contributed by atoms with Crippen molar-refractivity contribution in [1.29, 1.82) is 0 Å². The van der Waals surface area contributed by atoms with E-state index in [1.807, 2.05) is 11.8 Å². The molecule has 7 aliphatic rings. The number of nitrogens with zero attached hydrogens (tertiary/aromatic N) is 4. The Labute approximate surface area is 217 Å². The van der Waals surface area contributed by atoms with Crippen LogP contribution in [0.4, 0.5) is 0 Å². The van der Waals surface area contributed by atoms with Gasteiger partial charge in [0, 0.05) is 63.7 Å². The van der Waals surface area contributed by atoms with Gasteiger partial charge >= 0.3 is 0 Å². The number of allylic oxidation sites excluding steroid dienone is 4. The highest BCUT2D eigenvalue weighted by molar-refractivity contribution is 5.45. The van der Waals surface area contributed by atoms with Crippen molar-refractivity contribution in [3.8, 4) is 0 Å². The van der Waals surface area contributed by atoms with Gasteiger partial charge in [-0.3, -0.25) is 14.8 Å². The zero-order chi connectivity index (χ0) is 23.9. The van der Waals surface area contributed by atoms with E-state index in [-0.39, 0.29) is 0 Å². The zero-order valence-electron chi connectivity index (χ0n) is 22.3. The van der Waals surface area contributed by atoms with Crippen molar-refractivity contribution in [3.05, 3.63) is 52.9 Å². The Morgan fingerprint density at radius 3 is 2.78 bits per heavy atom. The average molecular weight is 485 g/mol. The van der Waals surface area contributed by atoms with Crippen LogP contribution in [0.1, 0.15) is 68.9 Å². The summed E-state index contributed by atoms with van der Waals surface area (Å²) < 4.78 is 0. The maximum atomic E-state index is 4.46. The Balaban J connectivity index is 1.05. The fourth-order valence-corrected chi connectivity index (χ4v) is 10.5. The molecule has 0 amide bonds. The summed E-state index contributed by atoms with van der Waals surface area (Å²) in [4.78, 5) is 12.7. The van der Waals surface area contributed by atoms with E-state index >= 15 is 0 Å². The SMILES string of the molecule is CN1CCN(C2CCC3=CC4=CCC5C(N6CCc7ccncc7C6)CCC5C45CCC3(C2)C5)CC1. The monoisotopic (exact) mass is 484 g/mol. The second-order valence-electron chi connectivity index (χ2n) is 13.7. The number of aromatic nitrogens is 1. The largest absolute Gasteiger partial charge is 0.304 e. The van der Waals surface area contributed by atoms with E-state index in [4.69, 9.17) is 0 Å². The summed E-state index contributed by atoms with van der Waals surface area (Å²) in [6, 6.07) is 3.86. The lowest BCUT2D eigenvalue weighted by Gasteiger charge is -2.53. The first-order valence-electron chi connectivity index (χ1n) is 15.1. The molecule has 8 rings (SSSR count). The molecule has 4 fully saturated rings. The normalized spacial score (nSPS) is 42.7. The lowest BCUT2D eigenvalue weighted by atomic mass is 9.54. The summed E-state index contributed by atoms with van der Waals surface area (Å²) in [5.74, 6) is 1.79. The molecule has 2 bridgehead atoms. The van der Waals surface area contributed by atoms with Crippen LogP contribution in [0, 0.1) is 22.7 Å². The van der Waals surface area contributed by atoms with Crippen LogP contribution in [-0.4, -0.2) is 71.5 Å². The van der Waals surface area contributed by atoms with Gasteiger partial charge in [-0.15, -0.1) is 0 Å². The zero-order valence-corrected chi connectivity index (χ0v) is 22.3. The molecule has 0 aromatic carbocycles. The first-order valence-corrected chi connectivity index (χ1v) is 15.1. The van der Waals surface area contributed by atoms with Gasteiger partial charge in [-0.25, -0.2) is 0 Å². The van der Waals surface area contributed by atoms with E-state index in [1.165, 1.54) is 108 Å². The molecule has 0 N–H and O–H groups in total. The Morgan fingerprint density at radius 1 is 0.944 bits per heavy atom. The number of hydrogen-bond acceptors (Lipinski definition) is 4. The van der Waals surface area contributed by atoms with Crippen LogP contribution in [0.15, 0.2) is 41.8 Å². The molecule has 36 heavy (non-hydrogen) atoms. The Hall–Kier alpha value is -1.49. The molecule has 1 aromatic rings. The number of piperazine rings is 1. The summed E-state index contributed by atoms with van der Waals surface area (Å²) >= 11 is 0. The molecular weight excluding hydrogens is 440 g/mol. The van der Waals surface area contributed by atoms with Crippen LogP contribution >= 0.6 is 0 Å². The third-order valence-corrected chi connectivity index (χ3v) is 12.3. The summed E-state index contributed by atoms with van der Waals surface area (Å²) in [6.45, 7) is 7.45. The third kappa shape index (κ3) is 3.26. The molecule has 1 aromatic heterocycles. The molecule has 4 heteroatoms. The Kier molecular flexibility index (Phi) is 5.16. The number of pyridine rings is 1. The minimum absolute atomic E-state index is 0.500. The second-order valence-corrected chi connectivity index (χ2v) is 13.7. The first-order chi connectivity index (χ1) is 17.6. The first kappa shape index (κ1) is 22.5. The Morgan fingerprint density at radius 2 is 1.86 bits per heavy atom. The molecule has 5 aliphatic carbocycles. The maximum Gasteiger partial charge on any atom is 0.0315 e. The second kappa shape index (κ2) is 8.25. The quantitative estimate of drug-likeness (QED) is 0.585. The molecule has 2 spiro atoms. The van der Waals surface area contributed by atoms with Crippen molar-refractivity contribution in [2.75, 3.05) is 39.8 Å². The Bertz CT molecular complexity index is 1100. The van der Waals surface area contributed by atoms with Crippen LogP contribution < -0.4 is 0 Å². The lowest BCUT2D eigenvalue weighted by molar-refractivity contribution is 0.0490. The predicted octanol–water partition coefficient (Wildman–Crippen LogP) is 5.06. The van der Waals surface area contributed by atoms with Crippen molar-refractivity contribution < 1.29 is 0 Å². The maximum absolute atomic E-state index is 4.46. The molecule has 0 radical (unpaired) electrons. The predicted molar refractivity (Wildman–Crippen MR) is 145 cm³/mol. The standard InChI is InChI=1S/C32H44N4/c1-34-14-16-35(17-15-34)27-4-2-25-18-26-3-5-28-29(32(26)11-10-31(25,19-27)22-32)6-7-30(28)36-13-9-23-8-12-33-20-24(23)21-36/h3,8,12,18,20,27-30H,2,4-7,9-11,13-17,19,21-22H2,1H3. The van der Waals surface area contributed by atoms with E-state index in [1.54, 1.807) is 5.57 Å². The van der Waals surface area contributed by atoms with Gasteiger partial charge in [-0.2, -0.15) is 0 Å². The topological polar surface area (TPSA) is 22.6 Å². The van der Waals surface area contributed by atoms with E-state index < -0.39 is 0 Å². The van der Waals surface area contributed by atoms with Gasteiger partial charge < -0.3 is 4.90 Å². The fraction of sp³-hybridized carbons (Fsp3) is 0.719. The van der Waals surface area contributed by atoms with Crippen molar-refractivity contribution in [2.24, 2.45) is 22.7 Å². The van der Waals surface area contributed by atoms with Crippen LogP contribution in [0.3, 0.4) is 0 Å². The minimum atomic E-state index is 0.500. The van der Waals surface area contributed by atoms with Gasteiger partial charge in [0.2, 0.25) is 0 Å². The average Bonchev–Trinajstić information content (AvgIpc) is 3.48. The third-order valence-electron chi connectivity index (χ3n) is 12.3. The number of rotatable bonds is 2. The van der Waals surface area contributed by atoms with E-state index in [2.05, 4.69) is 51.1 Å². The lowest BCUT2D eigenvalue weighted by Crippen LogP contribution is -2.52. The number of likely N-dealkylation sites (N-methyl/N-ethyl adjacent to an activating group) is 1. The van der Waals surface area contributed by atoms with Gasteiger partial charge in [0.05, 0.1) is 0 Å². The summed E-state index contributed by atoms with van der Waals surface area (Å²) in [5.41, 5.74) is 7.70. The number of fused-ring (bicyclic) bond motifs is 2. The van der Waals surface area contributed by atoms with Crippen LogP contribution in [0.5, 0.6) is 0 Å². The van der Waals surface area contributed by atoms with Crippen LogP contribution in [0.25, 0.3) is 0 Å². The molecule has 3 saturated carbocycles. The van der Waals surface area contributed by atoms with Crippen molar-refractivity contribution >= 4 is 0 Å². The highest BCUT2D eigenvalue weighted by Gasteiger charge is 2.62. The van der Waals surface area contributed by atoms with Gasteiger partial charge in [-0.1, -0.05) is 17.7 Å². The molecule has 1 saturated heterocycles. The molecule has 3 heterocycles. The summed E-state index contributed by atoms with van der Waals surface area (Å²) in [7, 11) is 2.29. The molecule has 192 valence electrons. The minimum Gasteiger partial charge on any atom is -0.304 e. The van der Waals surface area contributed by atoms with Gasteiger partial charge in [0.25, 0.3) is 0 Å². The number of hydrogen-bond donors (Lipinski definition) is 0. The molecule has 4 nitrogen and oxygen atoms in total. The van der Waals surface area contributed by atoms with Crippen molar-refractivity contribution in [3.63, 3.8) is 0 Å². The van der Waals surface area contributed by atoms with Crippen molar-refractivity contribution in [1.82, 2.24) is 19.7 Å². The van der Waals surface area contributed by atoms with Gasteiger partial charge in [0.1, 0.15) is 0 Å². The van der Waals surface area contributed by atoms with Crippen LogP contribution in [0.2, 0.25) is 0 Å². The van der Waals surface area contributed by atoms with E-state index in [0.717, 1.165) is 30.5 Å². The van der Waals surface area contributed by atoms with Crippen LogP contribution in [-0.2, 0) is 13.0 Å². The molecular formula is C32H44N4. The van der Waals surface area contributed by atoms with E-state index in [9.17, 15) is 0 Å². The highest BCUT2D eigenvalue weighted by atomic mass is 15.3. The fourth-order valence-electron chi connectivity index (χ4n) is 10.5. The molecule has 2 aliphatic heterocycles. The summed E-state index contributed by atoms with van der Waals surface area (Å²) in [6.07, 6.45) is 23.7. The van der Waals surface area contributed by atoms with Crippen molar-refractivity contribution in [2.45, 2.75) is 82.8 Å². The van der Waals surface area contributed by atoms with E-state index in [0.29, 0.717) is 10.8 Å². The van der Waals surface area contributed by atoms with Gasteiger partial charge in [-0.05, 0) is 117 Å². The molecule has 6 atom stereocenters. The highest BCUT2D eigenvalue weighted by Crippen LogP contribution is 2.71.